The molecule has 18 heavy (non-hydrogen) atoms. The van der Waals surface area contributed by atoms with Crippen LogP contribution in [0.4, 0.5) is 5.95 Å². The van der Waals surface area contributed by atoms with Crippen molar-refractivity contribution in [1.82, 2.24) is 24.7 Å². The number of aromatic nitrogens is 5. The highest BCUT2D eigenvalue weighted by Crippen LogP contribution is 2.20. The van der Waals surface area contributed by atoms with E-state index in [0.717, 1.165) is 24.6 Å². The van der Waals surface area contributed by atoms with E-state index in [1.165, 1.54) is 12.8 Å². The fraction of sp³-hybridized carbons (Fsp3) is 0.500. The average molecular weight is 244 g/mol. The molecule has 1 N–H and O–H groups in total. The lowest BCUT2D eigenvalue weighted by Gasteiger charge is -2.18. The number of rotatable bonds is 3. The van der Waals surface area contributed by atoms with Crippen molar-refractivity contribution < 1.29 is 0 Å². The Morgan fingerprint density at radius 3 is 2.89 bits per heavy atom. The molecule has 1 aliphatic heterocycles. The fourth-order valence-electron chi connectivity index (χ4n) is 2.28. The van der Waals surface area contributed by atoms with Crippen LogP contribution < -0.4 is 5.32 Å². The highest BCUT2D eigenvalue weighted by atomic mass is 15.3. The van der Waals surface area contributed by atoms with E-state index < -0.39 is 0 Å². The third-order valence-corrected chi connectivity index (χ3v) is 3.19. The van der Waals surface area contributed by atoms with Crippen molar-refractivity contribution in [2.75, 3.05) is 5.32 Å². The zero-order valence-corrected chi connectivity index (χ0v) is 10.4. The topological polar surface area (TPSA) is 68.5 Å². The minimum atomic E-state index is 0.0618. The SMILES string of the molecule is CC(Nc1ncccn1)c1nnc2n1CCCC2. The van der Waals surface area contributed by atoms with E-state index in [4.69, 9.17) is 0 Å². The lowest BCUT2D eigenvalue weighted by atomic mass is 10.1. The molecule has 0 saturated heterocycles. The molecule has 6 nitrogen and oxygen atoms in total. The molecule has 3 rings (SSSR count). The summed E-state index contributed by atoms with van der Waals surface area (Å²) in [5.74, 6) is 2.69. The zero-order valence-electron chi connectivity index (χ0n) is 10.4. The maximum Gasteiger partial charge on any atom is 0.223 e. The molecule has 0 radical (unpaired) electrons. The van der Waals surface area contributed by atoms with Gasteiger partial charge in [-0.3, -0.25) is 0 Å². The van der Waals surface area contributed by atoms with E-state index in [1.807, 2.05) is 0 Å². The first-order chi connectivity index (χ1) is 8.84. The highest BCUT2D eigenvalue weighted by molar-refractivity contribution is 5.26. The van der Waals surface area contributed by atoms with Crippen LogP contribution in [0.3, 0.4) is 0 Å². The van der Waals surface area contributed by atoms with Gasteiger partial charge in [-0.1, -0.05) is 0 Å². The molecule has 1 unspecified atom stereocenters. The Bertz CT molecular complexity index is 521. The zero-order chi connectivity index (χ0) is 12.4. The number of hydrogen-bond donors (Lipinski definition) is 1. The van der Waals surface area contributed by atoms with Gasteiger partial charge in [-0.2, -0.15) is 0 Å². The summed E-state index contributed by atoms with van der Waals surface area (Å²) in [6.45, 7) is 3.07. The van der Waals surface area contributed by atoms with E-state index in [9.17, 15) is 0 Å². The van der Waals surface area contributed by atoms with Crippen LogP contribution in [-0.4, -0.2) is 24.7 Å². The van der Waals surface area contributed by atoms with E-state index in [2.05, 4.69) is 37.0 Å². The normalized spacial score (nSPS) is 16.1. The number of aryl methyl sites for hydroxylation is 1. The molecule has 2 aromatic rings. The summed E-state index contributed by atoms with van der Waals surface area (Å²) in [7, 11) is 0. The molecule has 6 heteroatoms. The van der Waals surface area contributed by atoms with Gasteiger partial charge in [0.25, 0.3) is 0 Å². The van der Waals surface area contributed by atoms with Crippen molar-refractivity contribution in [2.24, 2.45) is 0 Å². The van der Waals surface area contributed by atoms with Gasteiger partial charge in [0, 0.05) is 25.4 Å². The number of nitrogens with one attached hydrogen (secondary N) is 1. The second-order valence-corrected chi connectivity index (χ2v) is 4.52. The lowest BCUT2D eigenvalue weighted by Crippen LogP contribution is -2.18. The van der Waals surface area contributed by atoms with Crippen LogP contribution in [0.25, 0.3) is 0 Å². The Kier molecular flexibility index (Phi) is 2.92. The molecule has 3 heterocycles. The summed E-state index contributed by atoms with van der Waals surface area (Å²) in [6, 6.07) is 1.86. The smallest absolute Gasteiger partial charge is 0.223 e. The summed E-state index contributed by atoms with van der Waals surface area (Å²) >= 11 is 0. The number of fused-ring (bicyclic) bond motifs is 1. The van der Waals surface area contributed by atoms with Gasteiger partial charge in [0.05, 0.1) is 6.04 Å². The summed E-state index contributed by atoms with van der Waals surface area (Å²) in [5.41, 5.74) is 0. The Labute approximate surface area is 105 Å². The van der Waals surface area contributed by atoms with Crippen molar-refractivity contribution in [1.29, 1.82) is 0 Å². The molecule has 94 valence electrons. The molecule has 0 spiro atoms. The van der Waals surface area contributed by atoms with Crippen LogP contribution in [-0.2, 0) is 13.0 Å². The minimum absolute atomic E-state index is 0.0618. The second kappa shape index (κ2) is 4.72. The van der Waals surface area contributed by atoms with E-state index >= 15 is 0 Å². The third-order valence-electron chi connectivity index (χ3n) is 3.19. The number of anilines is 1. The molecule has 0 saturated carbocycles. The predicted octanol–water partition coefficient (Wildman–Crippen LogP) is 1.58. The van der Waals surface area contributed by atoms with Gasteiger partial charge in [0.15, 0.2) is 5.82 Å². The third kappa shape index (κ3) is 2.05. The molecular formula is C12H16N6. The Morgan fingerprint density at radius 1 is 1.22 bits per heavy atom. The van der Waals surface area contributed by atoms with Crippen molar-refractivity contribution in [3.63, 3.8) is 0 Å². The second-order valence-electron chi connectivity index (χ2n) is 4.52. The van der Waals surface area contributed by atoms with Gasteiger partial charge < -0.3 is 9.88 Å². The molecule has 0 fully saturated rings. The van der Waals surface area contributed by atoms with Crippen molar-refractivity contribution in [2.45, 2.75) is 38.8 Å². The molecule has 1 atom stereocenters. The van der Waals surface area contributed by atoms with Crippen molar-refractivity contribution in [3.8, 4) is 0 Å². The Hall–Kier alpha value is -1.98. The van der Waals surface area contributed by atoms with Gasteiger partial charge in [-0.25, -0.2) is 9.97 Å². The first kappa shape index (κ1) is 11.1. The quantitative estimate of drug-likeness (QED) is 0.887. The van der Waals surface area contributed by atoms with Crippen molar-refractivity contribution in [3.05, 3.63) is 30.1 Å². The molecule has 0 aromatic carbocycles. The van der Waals surface area contributed by atoms with Crippen LogP contribution in [0, 0.1) is 0 Å². The van der Waals surface area contributed by atoms with E-state index in [1.54, 1.807) is 18.5 Å². The van der Waals surface area contributed by atoms with Crippen LogP contribution in [0.1, 0.15) is 37.5 Å². The molecular weight excluding hydrogens is 228 g/mol. The largest absolute Gasteiger partial charge is 0.344 e. The monoisotopic (exact) mass is 244 g/mol. The van der Waals surface area contributed by atoms with Crippen LogP contribution >= 0.6 is 0 Å². The summed E-state index contributed by atoms with van der Waals surface area (Å²) in [4.78, 5) is 8.32. The predicted molar refractivity (Wildman–Crippen MR) is 67.0 cm³/mol. The van der Waals surface area contributed by atoms with Crippen LogP contribution in [0.15, 0.2) is 18.5 Å². The molecule has 1 aliphatic rings. The van der Waals surface area contributed by atoms with Gasteiger partial charge in [-0.05, 0) is 25.8 Å². The summed E-state index contributed by atoms with van der Waals surface area (Å²) < 4.78 is 2.21. The highest BCUT2D eigenvalue weighted by Gasteiger charge is 2.20. The van der Waals surface area contributed by atoms with Gasteiger partial charge in [-0.15, -0.1) is 10.2 Å². The van der Waals surface area contributed by atoms with Gasteiger partial charge in [0.2, 0.25) is 5.95 Å². The maximum atomic E-state index is 4.29. The molecule has 0 aliphatic carbocycles. The molecule has 2 aromatic heterocycles. The average Bonchev–Trinajstić information content (AvgIpc) is 2.84. The van der Waals surface area contributed by atoms with Crippen LogP contribution in [0.2, 0.25) is 0 Å². The standard InChI is InChI=1S/C12H16N6/c1-9(15-12-13-6-4-7-14-12)11-17-16-10-5-2-3-8-18(10)11/h4,6-7,9H,2-3,5,8H2,1H3,(H,13,14,15). The number of nitrogens with zero attached hydrogens (tertiary/aromatic N) is 5. The maximum absolute atomic E-state index is 4.29. The van der Waals surface area contributed by atoms with Crippen molar-refractivity contribution >= 4 is 5.95 Å². The lowest BCUT2D eigenvalue weighted by molar-refractivity contribution is 0.500. The Balaban J connectivity index is 1.80. The summed E-state index contributed by atoms with van der Waals surface area (Å²) in [5, 5.41) is 11.8. The van der Waals surface area contributed by atoms with Gasteiger partial charge >= 0.3 is 0 Å². The first-order valence-electron chi connectivity index (χ1n) is 6.30. The number of hydrogen-bond acceptors (Lipinski definition) is 5. The van der Waals surface area contributed by atoms with E-state index in [0.29, 0.717) is 5.95 Å². The summed E-state index contributed by atoms with van der Waals surface area (Å²) in [6.07, 6.45) is 6.89. The first-order valence-corrected chi connectivity index (χ1v) is 6.30. The van der Waals surface area contributed by atoms with Crippen LogP contribution in [0.5, 0.6) is 0 Å². The Morgan fingerprint density at radius 2 is 2.06 bits per heavy atom. The van der Waals surface area contributed by atoms with Gasteiger partial charge in [0.1, 0.15) is 5.82 Å². The van der Waals surface area contributed by atoms with E-state index in [-0.39, 0.29) is 6.04 Å². The molecule has 0 bridgehead atoms. The molecule has 0 amide bonds. The fourth-order valence-corrected chi connectivity index (χ4v) is 2.28. The minimum Gasteiger partial charge on any atom is -0.344 e.